The molecule has 12 heteroatoms. The van der Waals surface area contributed by atoms with Crippen molar-refractivity contribution in [1.29, 1.82) is 0 Å². The molecule has 0 spiro atoms. The number of imidazole rings is 1. The highest BCUT2D eigenvalue weighted by atomic mass is 32.2. The maximum absolute atomic E-state index is 13.9. The molecule has 4 aromatic rings. The van der Waals surface area contributed by atoms with E-state index in [1.54, 1.807) is 34.9 Å². The van der Waals surface area contributed by atoms with E-state index in [-0.39, 0.29) is 35.4 Å². The fraction of sp³-hybridized carbons (Fsp3) is 0.300. The van der Waals surface area contributed by atoms with Crippen molar-refractivity contribution < 1.29 is 26.0 Å². The fourth-order valence-electron chi connectivity index (χ4n) is 4.85. The summed E-state index contributed by atoms with van der Waals surface area (Å²) in [6, 6.07) is 22.8. The number of morpholine rings is 1. The number of aromatic nitrogens is 2. The minimum atomic E-state index is -3.97. The summed E-state index contributed by atoms with van der Waals surface area (Å²) in [6.07, 6.45) is 1.43. The van der Waals surface area contributed by atoms with E-state index in [0.29, 0.717) is 44.1 Å². The van der Waals surface area contributed by atoms with Crippen LogP contribution in [0.15, 0.2) is 101 Å². The van der Waals surface area contributed by atoms with Crippen molar-refractivity contribution in [2.75, 3.05) is 39.4 Å². The SMILES string of the molecule is O=S(=O)(Cc1ccc(F)cc1)c1ncc(CN(CCN2CCOCC2)S(=O)(=O)c2ccccc2)n1Cc1ccccc1. The predicted octanol–water partition coefficient (Wildman–Crippen LogP) is 3.57. The molecule has 0 aliphatic carbocycles. The lowest BCUT2D eigenvalue weighted by atomic mass is 10.2. The average Bonchev–Trinajstić information content (AvgIpc) is 3.40. The molecule has 0 bridgehead atoms. The Hall–Kier alpha value is -3.42. The van der Waals surface area contributed by atoms with Crippen LogP contribution in [-0.2, 0) is 43.4 Å². The minimum Gasteiger partial charge on any atom is -0.379 e. The van der Waals surface area contributed by atoms with Crippen LogP contribution in [0.1, 0.15) is 16.8 Å². The van der Waals surface area contributed by atoms with Gasteiger partial charge >= 0.3 is 0 Å². The van der Waals surface area contributed by atoms with E-state index < -0.39 is 25.7 Å². The molecule has 222 valence electrons. The summed E-state index contributed by atoms with van der Waals surface area (Å²) in [7, 11) is -7.89. The van der Waals surface area contributed by atoms with Gasteiger partial charge in [-0.2, -0.15) is 4.31 Å². The highest BCUT2D eigenvalue weighted by Crippen LogP contribution is 2.23. The van der Waals surface area contributed by atoms with Crippen molar-refractivity contribution in [3.8, 4) is 0 Å². The number of sulfonamides is 1. The van der Waals surface area contributed by atoms with Gasteiger partial charge in [0.05, 0.1) is 48.8 Å². The molecular formula is C30H33FN4O5S2. The van der Waals surface area contributed by atoms with Crippen LogP contribution in [0.4, 0.5) is 4.39 Å². The molecule has 42 heavy (non-hydrogen) atoms. The lowest BCUT2D eigenvalue weighted by Crippen LogP contribution is -2.43. The van der Waals surface area contributed by atoms with Crippen LogP contribution in [-0.4, -0.2) is 75.0 Å². The number of ether oxygens (including phenoxy) is 1. The molecule has 1 saturated heterocycles. The van der Waals surface area contributed by atoms with Gasteiger partial charge in [0.25, 0.3) is 0 Å². The smallest absolute Gasteiger partial charge is 0.243 e. The van der Waals surface area contributed by atoms with Crippen molar-refractivity contribution in [1.82, 2.24) is 18.8 Å². The highest BCUT2D eigenvalue weighted by molar-refractivity contribution is 7.90. The van der Waals surface area contributed by atoms with Gasteiger partial charge in [0.1, 0.15) is 5.82 Å². The van der Waals surface area contributed by atoms with Crippen LogP contribution < -0.4 is 0 Å². The standard InChI is InChI=1S/C30H33FN4O5S2/c31-27-13-11-26(12-14-27)24-41(36,37)30-32-21-28(35(30)22-25-7-3-1-4-8-25)23-34(16-15-33-17-19-40-20-18-33)42(38,39)29-9-5-2-6-10-29/h1-14,21H,15-20,22-24H2. The van der Waals surface area contributed by atoms with Gasteiger partial charge in [0.2, 0.25) is 25.0 Å². The molecule has 1 aliphatic rings. The van der Waals surface area contributed by atoms with Crippen LogP contribution in [0.2, 0.25) is 0 Å². The average molecular weight is 613 g/mol. The van der Waals surface area contributed by atoms with Crippen LogP contribution in [0.5, 0.6) is 0 Å². The summed E-state index contributed by atoms with van der Waals surface area (Å²) in [6.45, 7) is 3.39. The van der Waals surface area contributed by atoms with E-state index in [4.69, 9.17) is 4.74 Å². The van der Waals surface area contributed by atoms with Gasteiger partial charge in [-0.05, 0) is 35.4 Å². The summed E-state index contributed by atoms with van der Waals surface area (Å²) in [5.41, 5.74) is 1.70. The van der Waals surface area contributed by atoms with Gasteiger partial charge in [-0.25, -0.2) is 26.2 Å². The molecule has 0 amide bonds. The minimum absolute atomic E-state index is 0.0759. The van der Waals surface area contributed by atoms with E-state index >= 15 is 0 Å². The Morgan fingerprint density at radius 3 is 2.14 bits per heavy atom. The normalized spacial score (nSPS) is 14.8. The molecule has 9 nitrogen and oxygen atoms in total. The molecule has 0 N–H and O–H groups in total. The van der Waals surface area contributed by atoms with Gasteiger partial charge in [-0.1, -0.05) is 60.7 Å². The number of halogens is 1. The predicted molar refractivity (Wildman–Crippen MR) is 156 cm³/mol. The zero-order valence-corrected chi connectivity index (χ0v) is 24.7. The van der Waals surface area contributed by atoms with E-state index in [2.05, 4.69) is 9.88 Å². The van der Waals surface area contributed by atoms with E-state index in [1.807, 2.05) is 30.3 Å². The maximum atomic E-state index is 13.9. The first-order valence-electron chi connectivity index (χ1n) is 13.6. The Labute approximate surface area is 246 Å². The van der Waals surface area contributed by atoms with Crippen LogP contribution >= 0.6 is 0 Å². The van der Waals surface area contributed by atoms with Crippen molar-refractivity contribution in [2.24, 2.45) is 0 Å². The van der Waals surface area contributed by atoms with E-state index in [0.717, 1.165) is 5.56 Å². The first-order chi connectivity index (χ1) is 20.2. The van der Waals surface area contributed by atoms with Crippen LogP contribution in [0, 0.1) is 5.82 Å². The Morgan fingerprint density at radius 2 is 1.48 bits per heavy atom. The number of hydrogen-bond acceptors (Lipinski definition) is 7. The van der Waals surface area contributed by atoms with Crippen molar-refractivity contribution in [2.45, 2.75) is 28.9 Å². The highest BCUT2D eigenvalue weighted by Gasteiger charge is 2.30. The second-order valence-electron chi connectivity index (χ2n) is 10.1. The molecule has 2 heterocycles. The van der Waals surface area contributed by atoms with Gasteiger partial charge in [0.15, 0.2) is 0 Å². The molecule has 0 radical (unpaired) electrons. The van der Waals surface area contributed by atoms with Gasteiger partial charge < -0.3 is 9.30 Å². The van der Waals surface area contributed by atoms with Crippen LogP contribution in [0.25, 0.3) is 0 Å². The summed E-state index contributed by atoms with van der Waals surface area (Å²) in [5.74, 6) is -0.831. The molecule has 5 rings (SSSR count). The number of nitrogens with zero attached hydrogens (tertiary/aromatic N) is 4. The summed E-state index contributed by atoms with van der Waals surface area (Å²) < 4.78 is 76.8. The lowest BCUT2D eigenvalue weighted by Gasteiger charge is -2.30. The Balaban J connectivity index is 1.50. The molecule has 1 aliphatic heterocycles. The molecule has 1 aromatic heterocycles. The second kappa shape index (κ2) is 13.3. The molecule has 3 aromatic carbocycles. The largest absolute Gasteiger partial charge is 0.379 e. The lowest BCUT2D eigenvalue weighted by molar-refractivity contribution is 0.0361. The third-order valence-electron chi connectivity index (χ3n) is 7.12. The zero-order valence-electron chi connectivity index (χ0n) is 23.0. The first-order valence-corrected chi connectivity index (χ1v) is 16.7. The van der Waals surface area contributed by atoms with Crippen molar-refractivity contribution >= 4 is 19.9 Å². The van der Waals surface area contributed by atoms with Gasteiger partial charge in [-0.3, -0.25) is 4.90 Å². The zero-order chi connectivity index (χ0) is 29.6. The topological polar surface area (TPSA) is 102 Å². The number of benzene rings is 3. The molecule has 0 saturated carbocycles. The van der Waals surface area contributed by atoms with E-state index in [1.165, 1.54) is 34.8 Å². The first kappa shape index (κ1) is 30.1. The Bertz CT molecular complexity index is 1670. The molecule has 1 fully saturated rings. The Morgan fingerprint density at radius 1 is 0.833 bits per heavy atom. The number of rotatable bonds is 12. The monoisotopic (exact) mass is 612 g/mol. The summed E-state index contributed by atoms with van der Waals surface area (Å²) >= 11 is 0. The molecular weight excluding hydrogens is 579 g/mol. The van der Waals surface area contributed by atoms with Crippen molar-refractivity contribution in [3.05, 3.63) is 114 Å². The third kappa shape index (κ3) is 7.31. The van der Waals surface area contributed by atoms with Crippen LogP contribution in [0.3, 0.4) is 0 Å². The van der Waals surface area contributed by atoms with E-state index in [9.17, 15) is 21.2 Å². The summed E-state index contributed by atoms with van der Waals surface area (Å²) in [5, 5.41) is -0.170. The Kier molecular flexibility index (Phi) is 9.49. The molecule has 0 atom stereocenters. The van der Waals surface area contributed by atoms with Crippen molar-refractivity contribution in [3.63, 3.8) is 0 Å². The van der Waals surface area contributed by atoms with Gasteiger partial charge in [0, 0.05) is 26.2 Å². The maximum Gasteiger partial charge on any atom is 0.243 e. The third-order valence-corrected chi connectivity index (χ3v) is 10.6. The van der Waals surface area contributed by atoms with Gasteiger partial charge in [-0.15, -0.1) is 0 Å². The number of sulfone groups is 1. The quantitative estimate of drug-likeness (QED) is 0.241. The fourth-order valence-corrected chi connectivity index (χ4v) is 7.76. The molecule has 0 unspecified atom stereocenters. The summed E-state index contributed by atoms with van der Waals surface area (Å²) in [4.78, 5) is 6.62. The second-order valence-corrected chi connectivity index (χ2v) is 13.9. The number of hydrogen-bond donors (Lipinski definition) is 0.